The molecule has 0 saturated carbocycles. The van der Waals surface area contributed by atoms with Crippen molar-refractivity contribution in [1.29, 1.82) is 0 Å². The first kappa shape index (κ1) is 13.8. The molecule has 0 N–H and O–H groups in total. The molecule has 0 aliphatic carbocycles. The van der Waals surface area contributed by atoms with Crippen LogP contribution in [0.5, 0.6) is 0 Å². The topological polar surface area (TPSA) is 129 Å². The van der Waals surface area contributed by atoms with Gasteiger partial charge in [-0.05, 0) is 6.07 Å². The first-order valence-corrected chi connectivity index (χ1v) is 6.63. The van der Waals surface area contributed by atoms with E-state index in [2.05, 4.69) is 0 Å². The maximum absolute atomic E-state index is 11.2. The highest BCUT2D eigenvalue weighted by Crippen LogP contribution is 2.42. The van der Waals surface area contributed by atoms with Crippen LogP contribution in [0.25, 0.3) is 20.2 Å². The van der Waals surface area contributed by atoms with E-state index in [-0.39, 0.29) is 22.4 Å². The van der Waals surface area contributed by atoms with Crippen molar-refractivity contribution in [3.8, 4) is 0 Å². The van der Waals surface area contributed by atoms with Gasteiger partial charge in [0.05, 0.1) is 26.2 Å². The lowest BCUT2D eigenvalue weighted by atomic mass is 10.1. The van der Waals surface area contributed by atoms with Crippen LogP contribution in [0.2, 0.25) is 0 Å². The molecule has 0 radical (unpaired) electrons. The Bertz CT molecular complexity index is 980. The van der Waals surface area contributed by atoms with E-state index >= 15 is 0 Å². The smallest absolute Gasteiger partial charge is 0.258 e. The van der Waals surface area contributed by atoms with Crippen molar-refractivity contribution < 1.29 is 14.8 Å². The van der Waals surface area contributed by atoms with Gasteiger partial charge in [0.1, 0.15) is 0 Å². The second kappa shape index (κ2) is 4.70. The fraction of sp³-hybridized carbons (Fsp3) is 0. The zero-order valence-electron chi connectivity index (χ0n) is 10.6. The standard InChI is InChI=1S/C12H5N3O6S/c16-13(17)6-1-2-8-10(4-6)22-11-5-7(14(18)19)3-9(12(8)11)15(20)21/h1-5H. The first-order chi connectivity index (χ1) is 10.4. The van der Waals surface area contributed by atoms with Gasteiger partial charge in [-0.15, -0.1) is 11.3 Å². The number of non-ortho nitro benzene ring substituents is 3. The minimum absolute atomic E-state index is 0.142. The van der Waals surface area contributed by atoms with Crippen molar-refractivity contribution in [2.45, 2.75) is 0 Å². The number of hydrogen-bond acceptors (Lipinski definition) is 7. The molecule has 0 bridgehead atoms. The Morgan fingerprint density at radius 2 is 1.41 bits per heavy atom. The Morgan fingerprint density at radius 3 is 2.00 bits per heavy atom. The number of nitro groups is 3. The minimum atomic E-state index is -0.709. The highest BCUT2D eigenvalue weighted by Gasteiger charge is 2.23. The highest BCUT2D eigenvalue weighted by molar-refractivity contribution is 7.26. The van der Waals surface area contributed by atoms with Crippen molar-refractivity contribution in [2.24, 2.45) is 0 Å². The maximum Gasteiger partial charge on any atom is 0.285 e. The lowest BCUT2D eigenvalue weighted by molar-refractivity contribution is -0.393. The van der Waals surface area contributed by atoms with Crippen LogP contribution >= 0.6 is 11.3 Å². The molecule has 0 unspecified atom stereocenters. The summed E-state index contributed by atoms with van der Waals surface area (Å²) in [6.45, 7) is 0. The van der Waals surface area contributed by atoms with Crippen molar-refractivity contribution in [2.75, 3.05) is 0 Å². The van der Waals surface area contributed by atoms with E-state index in [1.165, 1.54) is 24.3 Å². The van der Waals surface area contributed by atoms with Gasteiger partial charge in [-0.1, -0.05) is 0 Å². The van der Waals surface area contributed by atoms with Gasteiger partial charge in [0, 0.05) is 33.0 Å². The lowest BCUT2D eigenvalue weighted by Gasteiger charge is -1.96. The van der Waals surface area contributed by atoms with Crippen LogP contribution in [-0.4, -0.2) is 14.8 Å². The molecule has 110 valence electrons. The number of benzene rings is 2. The molecule has 22 heavy (non-hydrogen) atoms. The first-order valence-electron chi connectivity index (χ1n) is 5.82. The molecule has 3 aromatic rings. The summed E-state index contributed by atoms with van der Waals surface area (Å²) >= 11 is 1.04. The number of nitrogens with zero attached hydrogens (tertiary/aromatic N) is 3. The summed E-state index contributed by atoms with van der Waals surface area (Å²) in [7, 11) is 0. The monoisotopic (exact) mass is 319 g/mol. The average molecular weight is 319 g/mol. The SMILES string of the molecule is O=[N+]([O-])c1ccc2c(c1)sc1cc([N+](=O)[O-])cc([N+](=O)[O-])c12. The zero-order chi connectivity index (χ0) is 16.0. The summed E-state index contributed by atoms with van der Waals surface area (Å²) in [6, 6.07) is 6.11. The van der Waals surface area contributed by atoms with Gasteiger partial charge in [-0.2, -0.15) is 0 Å². The molecule has 0 atom stereocenters. The van der Waals surface area contributed by atoms with Gasteiger partial charge >= 0.3 is 0 Å². The van der Waals surface area contributed by atoms with Crippen molar-refractivity contribution in [1.82, 2.24) is 0 Å². The van der Waals surface area contributed by atoms with E-state index in [1.807, 2.05) is 0 Å². The van der Waals surface area contributed by atoms with E-state index in [4.69, 9.17) is 0 Å². The normalized spacial score (nSPS) is 10.9. The summed E-state index contributed by atoms with van der Waals surface area (Å²) in [5.74, 6) is 0. The number of fused-ring (bicyclic) bond motifs is 3. The number of hydrogen-bond donors (Lipinski definition) is 0. The Morgan fingerprint density at radius 1 is 0.773 bits per heavy atom. The third-order valence-electron chi connectivity index (χ3n) is 3.14. The maximum atomic E-state index is 11.2. The van der Waals surface area contributed by atoms with Crippen LogP contribution in [0, 0.1) is 30.3 Å². The van der Waals surface area contributed by atoms with Crippen LogP contribution in [-0.2, 0) is 0 Å². The van der Waals surface area contributed by atoms with Crippen molar-refractivity contribution >= 4 is 48.6 Å². The molecular formula is C12H5N3O6S. The van der Waals surface area contributed by atoms with E-state index in [0.29, 0.717) is 14.8 Å². The van der Waals surface area contributed by atoms with Crippen LogP contribution in [0.4, 0.5) is 17.1 Å². The van der Waals surface area contributed by atoms with Gasteiger partial charge in [0.2, 0.25) is 0 Å². The molecule has 2 aromatic carbocycles. The molecule has 0 saturated heterocycles. The van der Waals surface area contributed by atoms with Gasteiger partial charge < -0.3 is 0 Å². The predicted molar refractivity (Wildman–Crippen MR) is 79.3 cm³/mol. The second-order valence-corrected chi connectivity index (χ2v) is 5.48. The molecule has 0 fully saturated rings. The van der Waals surface area contributed by atoms with E-state index in [0.717, 1.165) is 17.4 Å². The highest BCUT2D eigenvalue weighted by atomic mass is 32.1. The van der Waals surface area contributed by atoms with Crippen molar-refractivity contribution in [3.63, 3.8) is 0 Å². The molecule has 1 aromatic heterocycles. The van der Waals surface area contributed by atoms with E-state index < -0.39 is 14.8 Å². The minimum Gasteiger partial charge on any atom is -0.258 e. The van der Waals surface area contributed by atoms with Gasteiger partial charge in [0.15, 0.2) is 0 Å². The molecule has 9 nitrogen and oxygen atoms in total. The molecule has 0 amide bonds. The Labute approximate surface area is 124 Å². The number of nitro benzene ring substituents is 3. The fourth-order valence-electron chi connectivity index (χ4n) is 2.22. The molecule has 0 spiro atoms. The molecule has 10 heteroatoms. The second-order valence-electron chi connectivity index (χ2n) is 4.39. The Kier molecular flexibility index (Phi) is 2.95. The summed E-state index contributed by atoms with van der Waals surface area (Å²) in [5.41, 5.74) is -0.916. The van der Waals surface area contributed by atoms with Crippen LogP contribution < -0.4 is 0 Å². The lowest BCUT2D eigenvalue weighted by Crippen LogP contribution is -1.93. The number of thiophene rings is 1. The summed E-state index contributed by atoms with van der Waals surface area (Å²) < 4.78 is 0.809. The quantitative estimate of drug-likeness (QED) is 0.533. The fourth-order valence-corrected chi connectivity index (χ4v) is 3.41. The Balaban J connectivity index is 2.44. The predicted octanol–water partition coefficient (Wildman–Crippen LogP) is 3.78. The molecule has 0 aliphatic rings. The summed E-state index contributed by atoms with van der Waals surface area (Å²) in [6.07, 6.45) is 0. The molecule has 1 heterocycles. The third-order valence-corrected chi connectivity index (χ3v) is 4.24. The van der Waals surface area contributed by atoms with Gasteiger partial charge in [-0.3, -0.25) is 30.3 Å². The van der Waals surface area contributed by atoms with E-state index in [1.54, 1.807) is 0 Å². The van der Waals surface area contributed by atoms with Crippen molar-refractivity contribution in [3.05, 3.63) is 60.7 Å². The molecular weight excluding hydrogens is 314 g/mol. The van der Waals surface area contributed by atoms with Crippen LogP contribution in [0.15, 0.2) is 30.3 Å². The van der Waals surface area contributed by atoms with E-state index in [9.17, 15) is 30.3 Å². The number of rotatable bonds is 3. The summed E-state index contributed by atoms with van der Waals surface area (Å²) in [4.78, 5) is 30.9. The van der Waals surface area contributed by atoms with Gasteiger partial charge in [-0.25, -0.2) is 0 Å². The van der Waals surface area contributed by atoms with Crippen LogP contribution in [0.1, 0.15) is 0 Å². The molecule has 3 rings (SSSR count). The molecule has 0 aliphatic heterocycles. The zero-order valence-corrected chi connectivity index (χ0v) is 11.4. The summed E-state index contributed by atoms with van der Waals surface area (Å²) in [5, 5.41) is 33.6. The third kappa shape index (κ3) is 2.02. The van der Waals surface area contributed by atoms with Crippen LogP contribution in [0.3, 0.4) is 0 Å². The largest absolute Gasteiger partial charge is 0.285 e. The Hall–Kier alpha value is -3.14. The average Bonchev–Trinajstić information content (AvgIpc) is 2.82. The van der Waals surface area contributed by atoms with Gasteiger partial charge in [0.25, 0.3) is 17.1 Å².